The molecule has 1 N–H and O–H groups in total. The van der Waals surface area contributed by atoms with E-state index in [2.05, 4.69) is 15.3 Å². The number of nitrogens with one attached hydrogen (secondary N) is 1. The minimum atomic E-state index is -4.77. The topological polar surface area (TPSA) is 92.3 Å². The van der Waals surface area contributed by atoms with Gasteiger partial charge in [0.15, 0.2) is 0 Å². The predicted molar refractivity (Wildman–Crippen MR) is 106 cm³/mol. The standard InChI is InChI=1S/C20H18F2N4O3S/c21-19(22)30(28,29)18-5-1-4-17(11-18)25-20(27)26(13-15-6-9-23-10-7-15)14-16-3-2-8-24-12-16/h1-12,19H,13-14H2,(H,25,27). The normalized spacial score (nSPS) is 11.3. The Morgan fingerprint density at radius 2 is 1.70 bits per heavy atom. The lowest BCUT2D eigenvalue weighted by Crippen LogP contribution is -2.34. The first kappa shape index (κ1) is 21.3. The second-order valence-electron chi connectivity index (χ2n) is 6.34. The van der Waals surface area contributed by atoms with Crippen molar-refractivity contribution in [3.8, 4) is 0 Å². The summed E-state index contributed by atoms with van der Waals surface area (Å²) in [6.07, 6.45) is 6.46. The summed E-state index contributed by atoms with van der Waals surface area (Å²) >= 11 is 0. The molecule has 30 heavy (non-hydrogen) atoms. The molecule has 3 rings (SSSR count). The SMILES string of the molecule is O=C(Nc1cccc(S(=O)(=O)C(F)F)c1)N(Cc1ccncc1)Cc1cccnc1. The molecule has 1 aromatic carbocycles. The van der Waals surface area contributed by atoms with E-state index in [0.717, 1.165) is 23.3 Å². The molecule has 2 aromatic heterocycles. The Balaban J connectivity index is 1.82. The molecule has 0 saturated heterocycles. The van der Waals surface area contributed by atoms with Gasteiger partial charge in [0.2, 0.25) is 9.84 Å². The number of aromatic nitrogens is 2. The number of amides is 2. The van der Waals surface area contributed by atoms with E-state index in [4.69, 9.17) is 0 Å². The minimum absolute atomic E-state index is 0.0904. The summed E-state index contributed by atoms with van der Waals surface area (Å²) < 4.78 is 49.0. The van der Waals surface area contributed by atoms with Gasteiger partial charge in [0.25, 0.3) is 0 Å². The van der Waals surface area contributed by atoms with Gasteiger partial charge in [0, 0.05) is 43.6 Å². The Kier molecular flexibility index (Phi) is 6.68. The average Bonchev–Trinajstić information content (AvgIpc) is 2.75. The lowest BCUT2D eigenvalue weighted by molar-refractivity contribution is 0.206. The number of benzene rings is 1. The number of halogens is 2. The molecule has 0 aliphatic rings. The van der Waals surface area contributed by atoms with Crippen LogP contribution in [0, 0.1) is 0 Å². The van der Waals surface area contributed by atoms with Gasteiger partial charge in [-0.1, -0.05) is 12.1 Å². The number of sulfone groups is 1. The quantitative estimate of drug-likeness (QED) is 0.615. The Hall–Kier alpha value is -3.40. The number of urea groups is 1. The van der Waals surface area contributed by atoms with Crippen LogP contribution < -0.4 is 5.32 Å². The van der Waals surface area contributed by atoms with Crippen molar-refractivity contribution < 1.29 is 22.0 Å². The summed E-state index contributed by atoms with van der Waals surface area (Å²) in [5.74, 6) is -3.54. The van der Waals surface area contributed by atoms with Crippen LogP contribution in [-0.2, 0) is 22.9 Å². The summed E-state index contributed by atoms with van der Waals surface area (Å²) in [6, 6.07) is 11.3. The molecule has 0 aliphatic heterocycles. The predicted octanol–water partition coefficient (Wildman–Crippen LogP) is 3.71. The van der Waals surface area contributed by atoms with Gasteiger partial charge in [0.1, 0.15) is 0 Å². The first-order valence-electron chi connectivity index (χ1n) is 8.82. The van der Waals surface area contributed by atoms with E-state index in [-0.39, 0.29) is 18.8 Å². The van der Waals surface area contributed by atoms with Crippen LogP contribution in [0.1, 0.15) is 11.1 Å². The highest BCUT2D eigenvalue weighted by Crippen LogP contribution is 2.22. The number of alkyl halides is 2. The highest BCUT2D eigenvalue weighted by molar-refractivity contribution is 7.91. The zero-order chi connectivity index (χ0) is 21.6. The fourth-order valence-electron chi connectivity index (χ4n) is 2.68. The number of pyridine rings is 2. The van der Waals surface area contributed by atoms with Crippen molar-refractivity contribution >= 4 is 21.6 Å². The van der Waals surface area contributed by atoms with Gasteiger partial charge in [-0.2, -0.15) is 8.78 Å². The van der Waals surface area contributed by atoms with E-state index in [0.29, 0.717) is 0 Å². The maximum atomic E-state index is 12.9. The van der Waals surface area contributed by atoms with E-state index in [1.807, 2.05) is 6.07 Å². The van der Waals surface area contributed by atoms with Crippen LogP contribution in [0.5, 0.6) is 0 Å². The van der Waals surface area contributed by atoms with Gasteiger partial charge < -0.3 is 10.2 Å². The van der Waals surface area contributed by atoms with E-state index in [1.54, 1.807) is 43.0 Å². The molecule has 156 valence electrons. The van der Waals surface area contributed by atoms with E-state index in [1.165, 1.54) is 17.0 Å². The van der Waals surface area contributed by atoms with Gasteiger partial charge in [-0.05, 0) is 47.5 Å². The van der Waals surface area contributed by atoms with Crippen LogP contribution in [0.4, 0.5) is 19.3 Å². The van der Waals surface area contributed by atoms with Gasteiger partial charge in [-0.3, -0.25) is 9.97 Å². The van der Waals surface area contributed by atoms with Crippen LogP contribution in [0.3, 0.4) is 0 Å². The number of carbonyl (C=O) groups is 1. The third kappa shape index (κ3) is 5.35. The lowest BCUT2D eigenvalue weighted by Gasteiger charge is -2.23. The summed E-state index contributed by atoms with van der Waals surface area (Å²) in [5, 5.41) is 2.58. The number of hydrogen-bond acceptors (Lipinski definition) is 5. The molecule has 2 heterocycles. The minimum Gasteiger partial charge on any atom is -0.316 e. The molecule has 0 atom stereocenters. The van der Waals surface area contributed by atoms with E-state index in [9.17, 15) is 22.0 Å². The molecular formula is C20H18F2N4O3S. The summed E-state index contributed by atoms with van der Waals surface area (Å²) in [5.41, 5.74) is 1.71. The van der Waals surface area contributed by atoms with Crippen LogP contribution in [0.25, 0.3) is 0 Å². The zero-order valence-electron chi connectivity index (χ0n) is 15.7. The number of carbonyl (C=O) groups excluding carboxylic acids is 1. The average molecular weight is 432 g/mol. The summed E-state index contributed by atoms with van der Waals surface area (Å²) in [4.78, 5) is 21.8. The molecule has 3 aromatic rings. The molecule has 0 aliphatic carbocycles. The van der Waals surface area contributed by atoms with Crippen LogP contribution >= 0.6 is 0 Å². The zero-order valence-corrected chi connectivity index (χ0v) is 16.5. The second-order valence-corrected chi connectivity index (χ2v) is 8.25. The molecule has 2 amide bonds. The first-order chi connectivity index (χ1) is 14.4. The Labute approximate surface area is 172 Å². The summed E-state index contributed by atoms with van der Waals surface area (Å²) in [6.45, 7) is 0.481. The van der Waals surface area contributed by atoms with Gasteiger partial charge in [-0.25, -0.2) is 13.2 Å². The Morgan fingerprint density at radius 1 is 0.967 bits per heavy atom. The Morgan fingerprint density at radius 3 is 2.37 bits per heavy atom. The lowest BCUT2D eigenvalue weighted by atomic mass is 10.2. The molecule has 0 spiro atoms. The van der Waals surface area contributed by atoms with Crippen LogP contribution in [0.2, 0.25) is 0 Å². The molecule has 0 unspecified atom stereocenters. The van der Waals surface area contributed by atoms with Crippen molar-refractivity contribution in [1.82, 2.24) is 14.9 Å². The molecule has 0 radical (unpaired) electrons. The number of anilines is 1. The largest absolute Gasteiger partial charge is 0.341 e. The number of rotatable bonds is 7. The molecular weight excluding hydrogens is 414 g/mol. The highest BCUT2D eigenvalue weighted by Gasteiger charge is 2.27. The van der Waals surface area contributed by atoms with Crippen molar-refractivity contribution in [2.75, 3.05) is 5.32 Å². The third-order valence-electron chi connectivity index (χ3n) is 4.15. The maximum Gasteiger partial charge on any atom is 0.341 e. The first-order valence-corrected chi connectivity index (χ1v) is 10.4. The fourth-order valence-corrected chi connectivity index (χ4v) is 3.44. The van der Waals surface area contributed by atoms with Crippen molar-refractivity contribution in [2.45, 2.75) is 23.7 Å². The second kappa shape index (κ2) is 9.40. The molecule has 0 saturated carbocycles. The van der Waals surface area contributed by atoms with Crippen LogP contribution in [0.15, 0.2) is 78.2 Å². The van der Waals surface area contributed by atoms with Crippen molar-refractivity contribution in [3.05, 3.63) is 84.4 Å². The monoisotopic (exact) mass is 432 g/mol. The number of nitrogens with zero attached hydrogens (tertiary/aromatic N) is 3. The molecule has 7 nitrogen and oxygen atoms in total. The maximum absolute atomic E-state index is 12.9. The van der Waals surface area contributed by atoms with Crippen molar-refractivity contribution in [2.24, 2.45) is 0 Å². The van der Waals surface area contributed by atoms with Crippen molar-refractivity contribution in [3.63, 3.8) is 0 Å². The molecule has 0 bridgehead atoms. The summed E-state index contributed by atoms with van der Waals surface area (Å²) in [7, 11) is -4.77. The molecule has 10 heteroatoms. The third-order valence-corrected chi connectivity index (χ3v) is 5.53. The highest BCUT2D eigenvalue weighted by atomic mass is 32.2. The van der Waals surface area contributed by atoms with Gasteiger partial charge in [-0.15, -0.1) is 0 Å². The van der Waals surface area contributed by atoms with E-state index < -0.39 is 26.5 Å². The Bertz CT molecular complexity index is 1060. The van der Waals surface area contributed by atoms with Crippen molar-refractivity contribution in [1.29, 1.82) is 0 Å². The van der Waals surface area contributed by atoms with E-state index >= 15 is 0 Å². The smallest absolute Gasteiger partial charge is 0.316 e. The fraction of sp³-hybridized carbons (Fsp3) is 0.150. The van der Waals surface area contributed by atoms with Crippen LogP contribution in [-0.4, -0.2) is 35.1 Å². The van der Waals surface area contributed by atoms with Gasteiger partial charge in [0.05, 0.1) is 4.90 Å². The molecule has 0 fully saturated rings. The van der Waals surface area contributed by atoms with Gasteiger partial charge >= 0.3 is 11.8 Å². The number of hydrogen-bond donors (Lipinski definition) is 1.